The number of benzene rings is 1. The molecule has 0 unspecified atom stereocenters. The topological polar surface area (TPSA) is 63.7 Å². The van der Waals surface area contributed by atoms with Crippen molar-refractivity contribution in [2.45, 2.75) is 57.9 Å². The van der Waals surface area contributed by atoms with E-state index in [9.17, 15) is 13.2 Å². The van der Waals surface area contributed by atoms with Crippen LogP contribution in [-0.2, 0) is 25.5 Å². The Balaban J connectivity index is 2.13. The number of hydrogen-bond donors (Lipinski definition) is 0. The van der Waals surface area contributed by atoms with Gasteiger partial charge in [-0.05, 0) is 37.7 Å². The first-order valence-corrected chi connectivity index (χ1v) is 11.9. The lowest BCUT2D eigenvalue weighted by Gasteiger charge is -2.27. The van der Waals surface area contributed by atoms with Crippen molar-refractivity contribution in [3.8, 4) is 0 Å². The van der Waals surface area contributed by atoms with Crippen LogP contribution in [0, 0.1) is 5.41 Å². The summed E-state index contributed by atoms with van der Waals surface area (Å²) in [5.74, 6) is 0.121. The summed E-state index contributed by atoms with van der Waals surface area (Å²) in [6, 6.07) is 9.97. The van der Waals surface area contributed by atoms with E-state index in [0.717, 1.165) is 38.4 Å². The molecule has 2 rings (SSSR count). The highest BCUT2D eigenvalue weighted by molar-refractivity contribution is 7.85. The summed E-state index contributed by atoms with van der Waals surface area (Å²) in [5, 5.41) is 0. The Morgan fingerprint density at radius 1 is 1.29 bits per heavy atom. The van der Waals surface area contributed by atoms with Crippen LogP contribution in [0.2, 0.25) is 0 Å². The maximum Gasteiger partial charge on any atom is 0.264 e. The smallest absolute Gasteiger partial charge is 0.264 e. The normalized spacial score (nSPS) is 22.6. The third kappa shape index (κ3) is 6.17. The Morgan fingerprint density at radius 3 is 2.61 bits per heavy atom. The van der Waals surface area contributed by atoms with E-state index in [1.54, 1.807) is 0 Å². The fraction of sp³-hybridized carbons (Fsp3) is 0.591. The lowest BCUT2D eigenvalue weighted by Crippen LogP contribution is -2.39. The number of allylic oxidation sites excluding steroid dienone is 1. The second kappa shape index (κ2) is 10.2. The van der Waals surface area contributed by atoms with Gasteiger partial charge in [-0.1, -0.05) is 56.2 Å². The van der Waals surface area contributed by atoms with E-state index in [2.05, 4.69) is 25.6 Å². The standard InChI is InChI=1S/C22H33NO4S/c1-4-6-15-22(14-5-2)17-20(18-27-28(3,25)26)23(21(22)24)16-10-13-19-11-8-7-9-12-19/h5,7-9,11-12,20H,2,4,6,10,13-18H2,1,3H3/t20-,22-/m0/s1. The van der Waals surface area contributed by atoms with Gasteiger partial charge in [0.05, 0.1) is 24.3 Å². The molecule has 0 aromatic heterocycles. The van der Waals surface area contributed by atoms with Crippen molar-refractivity contribution in [3.05, 3.63) is 48.6 Å². The van der Waals surface area contributed by atoms with Crippen molar-refractivity contribution >= 4 is 16.0 Å². The SMILES string of the molecule is C=CC[C@]1(CCCC)C[C@@H](COS(C)(=O)=O)N(CCCc2ccccc2)C1=O. The Kier molecular flexibility index (Phi) is 8.25. The Labute approximate surface area is 169 Å². The van der Waals surface area contributed by atoms with Crippen LogP contribution in [0.4, 0.5) is 0 Å². The van der Waals surface area contributed by atoms with Gasteiger partial charge in [0.25, 0.3) is 10.1 Å². The Bertz CT molecular complexity index is 747. The Morgan fingerprint density at radius 2 is 2.00 bits per heavy atom. The molecule has 1 aliphatic rings. The third-order valence-corrected chi connectivity index (χ3v) is 6.07. The molecule has 2 atom stereocenters. The number of aryl methyl sites for hydroxylation is 1. The molecule has 1 aliphatic heterocycles. The summed E-state index contributed by atoms with van der Waals surface area (Å²) in [7, 11) is -3.54. The van der Waals surface area contributed by atoms with Crippen LogP contribution in [0.1, 0.15) is 51.0 Å². The minimum absolute atomic E-state index is 0.0287. The van der Waals surface area contributed by atoms with Gasteiger partial charge >= 0.3 is 0 Å². The maximum absolute atomic E-state index is 13.4. The molecule has 1 aromatic rings. The first kappa shape index (κ1) is 22.6. The van der Waals surface area contributed by atoms with E-state index in [0.29, 0.717) is 19.4 Å². The number of carbonyl (C=O) groups is 1. The summed E-state index contributed by atoms with van der Waals surface area (Å²) in [6.07, 6.45) is 8.62. The van der Waals surface area contributed by atoms with Gasteiger partial charge in [-0.25, -0.2) is 0 Å². The average Bonchev–Trinajstić information content (AvgIpc) is 2.91. The van der Waals surface area contributed by atoms with Crippen LogP contribution < -0.4 is 0 Å². The molecule has 0 N–H and O–H groups in total. The lowest BCUT2D eigenvalue weighted by molar-refractivity contribution is -0.137. The number of carbonyl (C=O) groups excluding carboxylic acids is 1. The van der Waals surface area contributed by atoms with Gasteiger partial charge < -0.3 is 4.90 Å². The number of amides is 1. The molecule has 0 bridgehead atoms. The highest BCUT2D eigenvalue weighted by atomic mass is 32.2. The quantitative estimate of drug-likeness (QED) is 0.389. The molecule has 5 nitrogen and oxygen atoms in total. The second-order valence-electron chi connectivity index (χ2n) is 7.81. The first-order chi connectivity index (χ1) is 13.3. The molecule has 0 spiro atoms. The lowest BCUT2D eigenvalue weighted by atomic mass is 9.77. The minimum atomic E-state index is -3.54. The van der Waals surface area contributed by atoms with Gasteiger partial charge in [0.15, 0.2) is 0 Å². The molecular weight excluding hydrogens is 374 g/mol. The van der Waals surface area contributed by atoms with Gasteiger partial charge in [0.2, 0.25) is 5.91 Å². The van der Waals surface area contributed by atoms with Gasteiger partial charge in [-0.2, -0.15) is 8.42 Å². The molecule has 28 heavy (non-hydrogen) atoms. The molecule has 156 valence electrons. The predicted molar refractivity (Wildman–Crippen MR) is 112 cm³/mol. The van der Waals surface area contributed by atoms with Crippen molar-refractivity contribution in [1.29, 1.82) is 0 Å². The highest BCUT2D eigenvalue weighted by Gasteiger charge is 2.50. The third-order valence-electron chi connectivity index (χ3n) is 5.51. The van der Waals surface area contributed by atoms with Crippen molar-refractivity contribution < 1.29 is 17.4 Å². The zero-order chi connectivity index (χ0) is 20.6. The predicted octanol–water partition coefficient (Wildman–Crippen LogP) is 3.95. The second-order valence-corrected chi connectivity index (χ2v) is 9.45. The first-order valence-electron chi connectivity index (χ1n) is 10.1. The summed E-state index contributed by atoms with van der Waals surface area (Å²) in [4.78, 5) is 15.2. The van der Waals surface area contributed by atoms with Crippen LogP contribution in [0.15, 0.2) is 43.0 Å². The fourth-order valence-corrected chi connectivity index (χ4v) is 4.53. The number of hydrogen-bond acceptors (Lipinski definition) is 4. The average molecular weight is 408 g/mol. The van der Waals surface area contributed by atoms with Gasteiger partial charge in [-0.3, -0.25) is 8.98 Å². The molecular formula is C22H33NO4S. The van der Waals surface area contributed by atoms with E-state index >= 15 is 0 Å². The van der Waals surface area contributed by atoms with Crippen molar-refractivity contribution in [2.24, 2.45) is 5.41 Å². The number of unbranched alkanes of at least 4 members (excludes halogenated alkanes) is 1. The fourth-order valence-electron chi connectivity index (χ4n) is 4.13. The summed E-state index contributed by atoms with van der Waals surface area (Å²) in [6.45, 7) is 6.60. The molecule has 1 saturated heterocycles. The van der Waals surface area contributed by atoms with Gasteiger partial charge in [0, 0.05) is 6.54 Å². The van der Waals surface area contributed by atoms with E-state index < -0.39 is 15.5 Å². The van der Waals surface area contributed by atoms with Crippen LogP contribution in [0.5, 0.6) is 0 Å². The number of rotatable bonds is 12. The van der Waals surface area contributed by atoms with Crippen LogP contribution in [0.25, 0.3) is 0 Å². The van der Waals surface area contributed by atoms with Gasteiger partial charge in [0.1, 0.15) is 0 Å². The van der Waals surface area contributed by atoms with Crippen LogP contribution in [-0.4, -0.2) is 44.7 Å². The van der Waals surface area contributed by atoms with E-state index in [-0.39, 0.29) is 18.6 Å². The van der Waals surface area contributed by atoms with Gasteiger partial charge in [-0.15, -0.1) is 6.58 Å². The van der Waals surface area contributed by atoms with Crippen molar-refractivity contribution in [1.82, 2.24) is 4.90 Å². The number of nitrogens with zero attached hydrogens (tertiary/aromatic N) is 1. The zero-order valence-electron chi connectivity index (χ0n) is 17.1. The van der Waals surface area contributed by atoms with Crippen molar-refractivity contribution in [3.63, 3.8) is 0 Å². The van der Waals surface area contributed by atoms with Crippen molar-refractivity contribution in [2.75, 3.05) is 19.4 Å². The molecule has 0 aliphatic carbocycles. The molecule has 1 fully saturated rings. The largest absolute Gasteiger partial charge is 0.337 e. The summed E-state index contributed by atoms with van der Waals surface area (Å²) < 4.78 is 28.1. The Hall–Kier alpha value is -1.66. The van der Waals surface area contributed by atoms with E-state index in [1.165, 1.54) is 5.56 Å². The highest BCUT2D eigenvalue weighted by Crippen LogP contribution is 2.44. The minimum Gasteiger partial charge on any atom is -0.337 e. The van der Waals surface area contributed by atoms with E-state index in [1.807, 2.05) is 29.2 Å². The molecule has 0 radical (unpaired) electrons. The molecule has 1 aromatic carbocycles. The molecule has 1 amide bonds. The molecule has 0 saturated carbocycles. The zero-order valence-corrected chi connectivity index (χ0v) is 17.9. The summed E-state index contributed by atoms with van der Waals surface area (Å²) in [5.41, 5.74) is 0.761. The maximum atomic E-state index is 13.4. The van der Waals surface area contributed by atoms with E-state index in [4.69, 9.17) is 4.18 Å². The summed E-state index contributed by atoms with van der Waals surface area (Å²) >= 11 is 0. The van der Waals surface area contributed by atoms with Crippen LogP contribution >= 0.6 is 0 Å². The van der Waals surface area contributed by atoms with Crippen LogP contribution in [0.3, 0.4) is 0 Å². The number of likely N-dealkylation sites (tertiary alicyclic amines) is 1. The monoisotopic (exact) mass is 407 g/mol. The molecule has 1 heterocycles. The molecule has 6 heteroatoms.